The van der Waals surface area contributed by atoms with Gasteiger partial charge in [0.2, 0.25) is 5.91 Å². The quantitative estimate of drug-likeness (QED) is 0.431. The Labute approximate surface area is 210 Å². The molecule has 0 unspecified atom stereocenters. The van der Waals surface area contributed by atoms with E-state index in [1.54, 1.807) is 25.2 Å². The van der Waals surface area contributed by atoms with Crippen molar-refractivity contribution in [3.63, 3.8) is 0 Å². The van der Waals surface area contributed by atoms with Gasteiger partial charge in [-0.3, -0.25) is 9.59 Å². The number of benzene rings is 3. The third-order valence-corrected chi connectivity index (χ3v) is 6.14. The number of hydrogen-bond donors (Lipinski definition) is 1. The van der Waals surface area contributed by atoms with E-state index in [0.29, 0.717) is 27.8 Å². The van der Waals surface area contributed by atoms with Crippen molar-refractivity contribution in [2.45, 2.75) is 32.9 Å². The molecule has 7 heteroatoms. The minimum Gasteiger partial charge on any atom is -0.483 e. The molecule has 0 radical (unpaired) electrons. The zero-order chi connectivity index (χ0) is 24.7. The van der Waals surface area contributed by atoms with E-state index in [-0.39, 0.29) is 25.0 Å². The molecule has 3 aromatic rings. The minimum absolute atomic E-state index is 0.135. The lowest BCUT2D eigenvalue weighted by Gasteiger charge is -2.31. The van der Waals surface area contributed by atoms with E-state index in [1.165, 1.54) is 4.90 Å². The maximum atomic E-state index is 13.5. The fourth-order valence-electron chi connectivity index (χ4n) is 3.74. The zero-order valence-corrected chi connectivity index (χ0v) is 21.0. The fraction of sp³-hybridized carbons (Fsp3) is 0.259. The summed E-state index contributed by atoms with van der Waals surface area (Å²) in [7, 11) is 1.56. The Morgan fingerprint density at radius 1 is 1.00 bits per heavy atom. The first-order valence-corrected chi connectivity index (χ1v) is 11.7. The highest BCUT2D eigenvalue weighted by molar-refractivity contribution is 6.35. The maximum absolute atomic E-state index is 13.5. The van der Waals surface area contributed by atoms with Crippen LogP contribution >= 0.6 is 23.2 Å². The van der Waals surface area contributed by atoms with Crippen molar-refractivity contribution >= 4 is 35.0 Å². The Kier molecular flexibility index (Phi) is 8.97. The molecule has 0 aliphatic rings. The topological polar surface area (TPSA) is 58.6 Å². The van der Waals surface area contributed by atoms with Crippen LogP contribution in [0.25, 0.3) is 0 Å². The van der Waals surface area contributed by atoms with Crippen molar-refractivity contribution in [2.75, 3.05) is 13.7 Å². The Hall–Kier alpha value is -3.02. The van der Waals surface area contributed by atoms with E-state index in [4.69, 9.17) is 27.9 Å². The van der Waals surface area contributed by atoms with Gasteiger partial charge < -0.3 is 15.0 Å². The second kappa shape index (κ2) is 11.9. The molecule has 0 saturated heterocycles. The van der Waals surface area contributed by atoms with Crippen LogP contribution in [0.15, 0.2) is 66.7 Å². The number of nitrogens with zero attached hydrogens (tertiary/aromatic N) is 1. The summed E-state index contributed by atoms with van der Waals surface area (Å²) in [5, 5.41) is 3.62. The van der Waals surface area contributed by atoms with Crippen LogP contribution in [0.4, 0.5) is 0 Å². The molecule has 1 atom stereocenters. The highest BCUT2D eigenvalue weighted by Crippen LogP contribution is 2.25. The van der Waals surface area contributed by atoms with Crippen molar-refractivity contribution < 1.29 is 14.3 Å². The minimum atomic E-state index is -0.755. The van der Waals surface area contributed by atoms with Crippen molar-refractivity contribution in [1.82, 2.24) is 10.2 Å². The number of likely N-dealkylation sites (N-methyl/N-ethyl adjacent to an activating group) is 1. The average Bonchev–Trinajstić information content (AvgIpc) is 2.82. The summed E-state index contributed by atoms with van der Waals surface area (Å²) in [5.41, 5.74) is 3.67. The van der Waals surface area contributed by atoms with Gasteiger partial charge in [-0.15, -0.1) is 0 Å². The fourth-order valence-corrected chi connectivity index (χ4v) is 4.21. The van der Waals surface area contributed by atoms with Crippen molar-refractivity contribution in [1.29, 1.82) is 0 Å². The summed E-state index contributed by atoms with van der Waals surface area (Å²) in [6.45, 7) is 3.85. The Morgan fingerprint density at radius 3 is 2.38 bits per heavy atom. The van der Waals surface area contributed by atoms with Crippen LogP contribution < -0.4 is 10.1 Å². The number of hydrogen-bond acceptors (Lipinski definition) is 3. The SMILES string of the molecule is CNC(=O)[C@H](Cc1ccccc1)N(Cc1ccc(Cl)cc1Cl)C(=O)COc1ccc(C)cc1C. The third-order valence-electron chi connectivity index (χ3n) is 5.55. The van der Waals surface area contributed by atoms with Gasteiger partial charge in [0.15, 0.2) is 6.61 Å². The molecular formula is C27H28Cl2N2O3. The number of halogens is 2. The van der Waals surface area contributed by atoms with Crippen molar-refractivity contribution in [3.05, 3.63) is 99.0 Å². The van der Waals surface area contributed by atoms with Gasteiger partial charge in [-0.2, -0.15) is 0 Å². The number of nitrogens with one attached hydrogen (secondary N) is 1. The van der Waals surface area contributed by atoms with Crippen LogP contribution in [-0.4, -0.2) is 36.4 Å². The van der Waals surface area contributed by atoms with Crippen LogP contribution in [0.1, 0.15) is 22.3 Å². The molecule has 0 saturated carbocycles. The average molecular weight is 499 g/mol. The molecule has 0 bridgehead atoms. The Morgan fingerprint density at radius 2 is 1.74 bits per heavy atom. The molecule has 178 valence electrons. The number of carbonyl (C=O) groups is 2. The lowest BCUT2D eigenvalue weighted by molar-refractivity contribution is -0.142. The molecular weight excluding hydrogens is 471 g/mol. The smallest absolute Gasteiger partial charge is 0.261 e. The summed E-state index contributed by atoms with van der Waals surface area (Å²) in [6.07, 6.45) is 0.348. The first-order chi connectivity index (χ1) is 16.3. The number of ether oxygens (including phenoxy) is 1. The normalized spacial score (nSPS) is 11.6. The van der Waals surface area contributed by atoms with Crippen LogP contribution in [0, 0.1) is 13.8 Å². The lowest BCUT2D eigenvalue weighted by Crippen LogP contribution is -2.51. The molecule has 2 amide bonds. The van der Waals surface area contributed by atoms with E-state index >= 15 is 0 Å². The first-order valence-electron chi connectivity index (χ1n) is 11.0. The van der Waals surface area contributed by atoms with Crippen LogP contribution in [0.3, 0.4) is 0 Å². The van der Waals surface area contributed by atoms with E-state index in [9.17, 15) is 9.59 Å². The molecule has 0 heterocycles. The molecule has 0 fully saturated rings. The molecule has 3 aromatic carbocycles. The van der Waals surface area contributed by atoms with E-state index in [0.717, 1.165) is 16.7 Å². The molecule has 5 nitrogen and oxygen atoms in total. The summed E-state index contributed by atoms with van der Waals surface area (Å²) in [4.78, 5) is 28.0. The number of amides is 2. The first kappa shape index (κ1) is 25.6. The largest absolute Gasteiger partial charge is 0.483 e. The van der Waals surface area contributed by atoms with Crippen LogP contribution in [-0.2, 0) is 22.6 Å². The Balaban J connectivity index is 1.91. The van der Waals surface area contributed by atoms with Crippen molar-refractivity contribution in [3.8, 4) is 5.75 Å². The summed E-state index contributed by atoms with van der Waals surface area (Å²) >= 11 is 12.5. The van der Waals surface area contributed by atoms with Gasteiger partial charge in [0, 0.05) is 30.1 Å². The van der Waals surface area contributed by atoms with Crippen molar-refractivity contribution in [2.24, 2.45) is 0 Å². The standard InChI is InChI=1S/C27H28Cl2N2O3/c1-18-9-12-25(19(2)13-18)34-17-26(32)31(16-21-10-11-22(28)15-23(21)29)24(27(33)30-3)14-20-7-5-4-6-8-20/h4-13,15,24H,14,16-17H2,1-3H3,(H,30,33)/t24-/m0/s1. The van der Waals surface area contributed by atoms with E-state index in [1.807, 2.05) is 62.4 Å². The summed E-state index contributed by atoms with van der Waals surface area (Å²) < 4.78 is 5.86. The molecule has 0 aliphatic carbocycles. The number of carbonyl (C=O) groups excluding carboxylic acids is 2. The molecule has 0 spiro atoms. The highest BCUT2D eigenvalue weighted by Gasteiger charge is 2.30. The number of aryl methyl sites for hydroxylation is 2. The van der Waals surface area contributed by atoms with Gasteiger partial charge in [-0.05, 0) is 48.7 Å². The number of rotatable bonds is 9. The van der Waals surface area contributed by atoms with Gasteiger partial charge in [0.05, 0.1) is 0 Å². The molecule has 3 rings (SSSR count). The molecule has 1 N–H and O–H groups in total. The predicted octanol–water partition coefficient (Wildman–Crippen LogP) is 5.38. The van der Waals surface area contributed by atoms with E-state index in [2.05, 4.69) is 5.32 Å². The van der Waals surface area contributed by atoms with Gasteiger partial charge in [0.25, 0.3) is 5.91 Å². The monoisotopic (exact) mass is 498 g/mol. The van der Waals surface area contributed by atoms with Gasteiger partial charge >= 0.3 is 0 Å². The lowest BCUT2D eigenvalue weighted by atomic mass is 10.0. The molecule has 34 heavy (non-hydrogen) atoms. The second-order valence-electron chi connectivity index (χ2n) is 8.13. The highest BCUT2D eigenvalue weighted by atomic mass is 35.5. The summed E-state index contributed by atoms with van der Waals surface area (Å²) in [5.74, 6) is 0.0345. The summed E-state index contributed by atoms with van der Waals surface area (Å²) in [6, 6.07) is 19.7. The maximum Gasteiger partial charge on any atom is 0.261 e. The van der Waals surface area contributed by atoms with Gasteiger partial charge in [-0.1, -0.05) is 77.3 Å². The van der Waals surface area contributed by atoms with Gasteiger partial charge in [-0.25, -0.2) is 0 Å². The second-order valence-corrected chi connectivity index (χ2v) is 8.98. The molecule has 0 aliphatic heterocycles. The predicted molar refractivity (Wildman–Crippen MR) is 136 cm³/mol. The van der Waals surface area contributed by atoms with Gasteiger partial charge in [0.1, 0.15) is 11.8 Å². The van der Waals surface area contributed by atoms with Crippen LogP contribution in [0.5, 0.6) is 5.75 Å². The zero-order valence-electron chi connectivity index (χ0n) is 19.5. The molecule has 0 aromatic heterocycles. The third kappa shape index (κ3) is 6.75. The van der Waals surface area contributed by atoms with E-state index < -0.39 is 6.04 Å². The van der Waals surface area contributed by atoms with Crippen LogP contribution in [0.2, 0.25) is 10.0 Å². The Bertz CT molecular complexity index is 1150.